The fourth-order valence-corrected chi connectivity index (χ4v) is 3.38. The molecule has 6 nitrogen and oxygen atoms in total. The third kappa shape index (κ3) is 4.86. The van der Waals surface area contributed by atoms with E-state index in [4.69, 9.17) is 33.2 Å². The zero-order chi connectivity index (χ0) is 20.1. The molecular weight excluding hydrogens is 399 g/mol. The Balaban J connectivity index is 1.53. The van der Waals surface area contributed by atoms with Crippen LogP contribution in [-0.4, -0.2) is 28.4 Å². The van der Waals surface area contributed by atoms with Gasteiger partial charge in [0.2, 0.25) is 0 Å². The highest BCUT2D eigenvalue weighted by Gasteiger charge is 2.23. The number of rotatable bonds is 4. The summed E-state index contributed by atoms with van der Waals surface area (Å²) >= 11 is 11.9. The summed E-state index contributed by atoms with van der Waals surface area (Å²) in [7, 11) is 0. The molecule has 0 saturated heterocycles. The van der Waals surface area contributed by atoms with E-state index < -0.39 is 5.91 Å². The van der Waals surface area contributed by atoms with Crippen LogP contribution >= 0.6 is 23.2 Å². The Morgan fingerprint density at radius 2 is 1.96 bits per heavy atom. The minimum absolute atomic E-state index is 0.0742. The van der Waals surface area contributed by atoms with Gasteiger partial charge in [-0.3, -0.25) is 4.79 Å². The van der Waals surface area contributed by atoms with Gasteiger partial charge < -0.3 is 4.74 Å². The van der Waals surface area contributed by atoms with Crippen molar-refractivity contribution in [3.63, 3.8) is 0 Å². The van der Waals surface area contributed by atoms with E-state index in [2.05, 4.69) is 21.3 Å². The first-order valence-corrected chi connectivity index (χ1v) is 9.67. The molecule has 2 aromatic rings. The molecule has 144 valence electrons. The van der Waals surface area contributed by atoms with Gasteiger partial charge >= 0.3 is 0 Å². The maximum Gasteiger partial charge on any atom is 0.297 e. The molecule has 1 fully saturated rings. The number of hydrogen-bond donors (Lipinski definition) is 0. The topological polar surface area (TPSA) is 88.2 Å². The van der Waals surface area contributed by atoms with Crippen LogP contribution in [0, 0.1) is 24.2 Å². The lowest BCUT2D eigenvalue weighted by atomic mass is 9.88. The third-order valence-electron chi connectivity index (χ3n) is 4.72. The number of carbonyl (C=O) groups excluding carboxylic acids is 1. The van der Waals surface area contributed by atoms with E-state index in [-0.39, 0.29) is 22.9 Å². The van der Waals surface area contributed by atoms with Gasteiger partial charge in [-0.05, 0) is 62.8 Å². The fraction of sp³-hybridized carbons (Fsp3) is 0.350. The minimum atomic E-state index is -0.426. The van der Waals surface area contributed by atoms with Gasteiger partial charge in [0.05, 0.1) is 16.7 Å². The molecule has 0 spiro atoms. The van der Waals surface area contributed by atoms with Crippen molar-refractivity contribution in [1.82, 2.24) is 10.2 Å². The molecule has 8 heteroatoms. The van der Waals surface area contributed by atoms with Crippen molar-refractivity contribution in [3.05, 3.63) is 51.3 Å². The van der Waals surface area contributed by atoms with Crippen LogP contribution in [0.4, 0.5) is 0 Å². The first-order chi connectivity index (χ1) is 13.5. The highest BCUT2D eigenvalue weighted by atomic mass is 35.5. The van der Waals surface area contributed by atoms with Crippen molar-refractivity contribution in [2.24, 2.45) is 10.9 Å². The number of carbonyl (C=O) groups is 1. The standard InChI is InChI=1S/C20H18Cl2N4O2/c1-12-17(8-4-14(10-23)19(12)22)28-15-5-2-13(3-6-15)11-24-20(27)16-7-9-18(21)26-25-16/h4,7-9,11,13,15H,2-3,5-6H2,1H3. The number of amides is 1. The summed E-state index contributed by atoms with van der Waals surface area (Å²) in [5.74, 6) is 0.498. The van der Waals surface area contributed by atoms with Gasteiger partial charge in [0, 0.05) is 11.8 Å². The zero-order valence-corrected chi connectivity index (χ0v) is 16.7. The molecule has 1 aliphatic rings. The number of hydrogen-bond acceptors (Lipinski definition) is 5. The predicted molar refractivity (Wildman–Crippen MR) is 107 cm³/mol. The lowest BCUT2D eigenvalue weighted by Gasteiger charge is -2.27. The molecule has 3 rings (SSSR count). The van der Waals surface area contributed by atoms with Crippen LogP contribution in [0.3, 0.4) is 0 Å². The predicted octanol–water partition coefficient (Wildman–Crippen LogP) is 4.81. The summed E-state index contributed by atoms with van der Waals surface area (Å²) in [5.41, 5.74) is 1.39. The average molecular weight is 417 g/mol. The molecule has 0 unspecified atom stereocenters. The number of ether oxygens (including phenoxy) is 1. The highest BCUT2D eigenvalue weighted by Crippen LogP contribution is 2.32. The SMILES string of the molecule is Cc1c(OC2CCC(C=NC(=O)c3ccc(Cl)nn3)CC2)ccc(C#N)c1Cl. The van der Waals surface area contributed by atoms with Crippen molar-refractivity contribution >= 4 is 35.3 Å². The van der Waals surface area contributed by atoms with Crippen LogP contribution in [0.25, 0.3) is 0 Å². The van der Waals surface area contributed by atoms with E-state index in [1.165, 1.54) is 12.1 Å². The molecule has 0 aliphatic heterocycles. The minimum Gasteiger partial charge on any atom is -0.490 e. The van der Waals surface area contributed by atoms with Crippen molar-refractivity contribution in [3.8, 4) is 11.8 Å². The number of nitrogens with zero attached hydrogens (tertiary/aromatic N) is 4. The second-order valence-corrected chi connectivity index (χ2v) is 7.41. The quantitative estimate of drug-likeness (QED) is 0.666. The molecule has 0 bridgehead atoms. The molecule has 1 amide bonds. The van der Waals surface area contributed by atoms with E-state index >= 15 is 0 Å². The van der Waals surface area contributed by atoms with Gasteiger partial charge in [0.15, 0.2) is 10.8 Å². The van der Waals surface area contributed by atoms with Gasteiger partial charge in [0.25, 0.3) is 5.91 Å². The lowest BCUT2D eigenvalue weighted by Crippen LogP contribution is -2.25. The molecular formula is C20H18Cl2N4O2. The van der Waals surface area contributed by atoms with Gasteiger partial charge in [-0.2, -0.15) is 5.26 Å². The molecule has 0 atom stereocenters. The first kappa shape index (κ1) is 20.2. The van der Waals surface area contributed by atoms with E-state index in [9.17, 15) is 4.79 Å². The van der Waals surface area contributed by atoms with Crippen molar-refractivity contribution in [2.75, 3.05) is 0 Å². The normalized spacial score (nSPS) is 19.4. The second kappa shape index (κ2) is 9.13. The maximum absolute atomic E-state index is 12.0. The van der Waals surface area contributed by atoms with Crippen molar-refractivity contribution < 1.29 is 9.53 Å². The zero-order valence-electron chi connectivity index (χ0n) is 15.2. The maximum atomic E-state index is 12.0. The average Bonchev–Trinajstić information content (AvgIpc) is 2.71. The summed E-state index contributed by atoms with van der Waals surface area (Å²) in [5, 5.41) is 17.1. The third-order valence-corrected chi connectivity index (χ3v) is 5.41. The number of halogens is 2. The molecule has 1 saturated carbocycles. The summed E-state index contributed by atoms with van der Waals surface area (Å²) in [6.45, 7) is 1.85. The number of benzene rings is 1. The van der Waals surface area contributed by atoms with Crippen LogP contribution < -0.4 is 4.74 Å². The Labute approximate surface area is 173 Å². The molecule has 0 N–H and O–H groups in total. The largest absolute Gasteiger partial charge is 0.490 e. The number of nitriles is 1. The van der Waals surface area contributed by atoms with Gasteiger partial charge in [-0.15, -0.1) is 10.2 Å². The van der Waals surface area contributed by atoms with Crippen LogP contribution in [0.2, 0.25) is 10.2 Å². The molecule has 1 aliphatic carbocycles. The Morgan fingerprint density at radius 1 is 1.21 bits per heavy atom. The van der Waals surface area contributed by atoms with Crippen molar-refractivity contribution in [1.29, 1.82) is 5.26 Å². The molecule has 0 radical (unpaired) electrons. The van der Waals surface area contributed by atoms with Crippen LogP contribution in [0.5, 0.6) is 5.75 Å². The Morgan fingerprint density at radius 3 is 2.61 bits per heavy atom. The van der Waals surface area contributed by atoms with Crippen LogP contribution in [-0.2, 0) is 0 Å². The lowest BCUT2D eigenvalue weighted by molar-refractivity contribution is 0.0996. The van der Waals surface area contributed by atoms with Crippen molar-refractivity contribution in [2.45, 2.75) is 38.7 Å². The Kier molecular flexibility index (Phi) is 6.61. The van der Waals surface area contributed by atoms with E-state index in [0.717, 1.165) is 31.2 Å². The number of aromatic nitrogens is 2. The monoisotopic (exact) mass is 416 g/mol. The molecule has 1 aromatic heterocycles. The smallest absolute Gasteiger partial charge is 0.297 e. The van der Waals surface area contributed by atoms with E-state index in [1.54, 1.807) is 18.3 Å². The number of aliphatic imine (C=N–C) groups is 1. The summed E-state index contributed by atoms with van der Waals surface area (Å²) in [6.07, 6.45) is 5.21. The van der Waals surface area contributed by atoms with Gasteiger partial charge in [-0.25, -0.2) is 4.99 Å². The Hall–Kier alpha value is -2.49. The van der Waals surface area contributed by atoms with E-state index in [1.807, 2.05) is 6.92 Å². The Bertz CT molecular complexity index is 930. The summed E-state index contributed by atoms with van der Waals surface area (Å²) < 4.78 is 6.08. The van der Waals surface area contributed by atoms with Crippen LogP contribution in [0.15, 0.2) is 29.3 Å². The summed E-state index contributed by atoms with van der Waals surface area (Å²) in [4.78, 5) is 16.0. The summed E-state index contributed by atoms with van der Waals surface area (Å²) in [6, 6.07) is 8.55. The molecule has 1 aromatic carbocycles. The molecule has 28 heavy (non-hydrogen) atoms. The fourth-order valence-electron chi connectivity index (χ4n) is 3.09. The second-order valence-electron chi connectivity index (χ2n) is 6.64. The van der Waals surface area contributed by atoms with Gasteiger partial charge in [0.1, 0.15) is 11.8 Å². The van der Waals surface area contributed by atoms with E-state index in [0.29, 0.717) is 16.3 Å². The van der Waals surface area contributed by atoms with Crippen LogP contribution in [0.1, 0.15) is 47.3 Å². The molecule has 1 heterocycles. The highest BCUT2D eigenvalue weighted by molar-refractivity contribution is 6.32. The first-order valence-electron chi connectivity index (χ1n) is 8.91. The van der Waals surface area contributed by atoms with Gasteiger partial charge in [-0.1, -0.05) is 23.2 Å².